The van der Waals surface area contributed by atoms with Gasteiger partial charge in [0.05, 0.1) is 6.61 Å². The van der Waals surface area contributed by atoms with Crippen molar-refractivity contribution in [3.8, 4) is 5.75 Å². The minimum atomic E-state index is -0.458. The van der Waals surface area contributed by atoms with Crippen molar-refractivity contribution in [1.82, 2.24) is 0 Å². The van der Waals surface area contributed by atoms with Gasteiger partial charge in [0, 0.05) is 5.56 Å². The zero-order valence-electron chi connectivity index (χ0n) is 7.35. The van der Waals surface area contributed by atoms with E-state index in [2.05, 4.69) is 0 Å². The first-order valence-corrected chi connectivity index (χ1v) is 4.17. The lowest BCUT2D eigenvalue weighted by Gasteiger charge is -2.09. The molecule has 0 heterocycles. The fourth-order valence-electron chi connectivity index (χ4n) is 1.19. The first kappa shape index (κ1) is 8.97. The van der Waals surface area contributed by atoms with Gasteiger partial charge in [0.1, 0.15) is 0 Å². The molecule has 0 fully saturated rings. The molecular formula is C9H12O3. The lowest BCUT2D eigenvalue weighted by molar-refractivity contribution is 0.328. The Hall–Kier alpha value is -1.12. The molecule has 12 heavy (non-hydrogen) atoms. The quantitative estimate of drug-likeness (QED) is 0.619. The molecule has 66 valence electrons. The molecule has 0 spiro atoms. The van der Waals surface area contributed by atoms with Crippen LogP contribution in [-0.2, 0) is 6.42 Å². The van der Waals surface area contributed by atoms with Gasteiger partial charge in [-0.15, -0.1) is 0 Å². The minimum Gasteiger partial charge on any atom is -0.489 e. The highest BCUT2D eigenvalue weighted by Gasteiger charge is 2.20. The van der Waals surface area contributed by atoms with E-state index in [0.29, 0.717) is 24.3 Å². The average Bonchev–Trinajstić information content (AvgIpc) is 2.10. The van der Waals surface area contributed by atoms with Crippen LogP contribution in [0.25, 0.3) is 0 Å². The molecule has 0 aliphatic heterocycles. The van der Waals surface area contributed by atoms with Crippen LogP contribution < -0.4 is 15.6 Å². The summed E-state index contributed by atoms with van der Waals surface area (Å²) < 4.78 is 5.03. The van der Waals surface area contributed by atoms with Gasteiger partial charge in [-0.1, -0.05) is 13.3 Å². The first-order chi connectivity index (χ1) is 5.72. The summed E-state index contributed by atoms with van der Waals surface area (Å²) >= 11 is 0. The Bertz CT molecular complexity index is 298. The molecule has 0 unspecified atom stereocenters. The van der Waals surface area contributed by atoms with Crippen LogP contribution in [0.1, 0.15) is 25.8 Å². The molecule has 3 nitrogen and oxygen atoms in total. The van der Waals surface area contributed by atoms with E-state index in [9.17, 15) is 9.59 Å². The van der Waals surface area contributed by atoms with E-state index >= 15 is 0 Å². The first-order valence-electron chi connectivity index (χ1n) is 4.17. The summed E-state index contributed by atoms with van der Waals surface area (Å²) in [5.74, 6) is 0.296. The van der Waals surface area contributed by atoms with Crippen LogP contribution in [0.5, 0.6) is 5.75 Å². The van der Waals surface area contributed by atoms with Crippen LogP contribution in [-0.4, -0.2) is 6.61 Å². The molecule has 0 bridgehead atoms. The molecule has 0 aliphatic rings. The van der Waals surface area contributed by atoms with Crippen molar-refractivity contribution in [1.29, 1.82) is 0 Å². The average molecular weight is 168 g/mol. The number of hydrogen-bond donors (Lipinski definition) is 0. The summed E-state index contributed by atoms with van der Waals surface area (Å²) in [5, 5.41) is 0. The fourth-order valence-corrected chi connectivity index (χ4v) is 1.19. The SMILES string of the molecule is CCCc1c(OCC)c(=O)c1=O. The lowest BCUT2D eigenvalue weighted by atomic mass is 10.0. The van der Waals surface area contributed by atoms with Crippen molar-refractivity contribution in [3.63, 3.8) is 0 Å². The van der Waals surface area contributed by atoms with Gasteiger partial charge in [-0.2, -0.15) is 0 Å². The lowest BCUT2D eigenvalue weighted by Crippen LogP contribution is -2.36. The molecule has 0 aliphatic carbocycles. The van der Waals surface area contributed by atoms with E-state index in [0.717, 1.165) is 6.42 Å². The van der Waals surface area contributed by atoms with Crippen molar-refractivity contribution in [3.05, 3.63) is 26.0 Å². The molecule has 0 aromatic heterocycles. The third-order valence-electron chi connectivity index (χ3n) is 1.75. The second kappa shape index (κ2) is 3.52. The Morgan fingerprint density at radius 1 is 1.17 bits per heavy atom. The van der Waals surface area contributed by atoms with Crippen LogP contribution in [0.4, 0.5) is 0 Å². The Morgan fingerprint density at radius 2 is 1.83 bits per heavy atom. The number of hydrogen-bond acceptors (Lipinski definition) is 3. The molecule has 0 radical (unpaired) electrons. The largest absolute Gasteiger partial charge is 0.489 e. The maximum Gasteiger partial charge on any atom is 0.268 e. The monoisotopic (exact) mass is 168 g/mol. The van der Waals surface area contributed by atoms with Gasteiger partial charge in [0.25, 0.3) is 5.43 Å². The van der Waals surface area contributed by atoms with Crippen LogP contribution >= 0.6 is 0 Å². The predicted octanol–water partition coefficient (Wildman–Crippen LogP) is 0.634. The third-order valence-corrected chi connectivity index (χ3v) is 1.75. The summed E-state index contributed by atoms with van der Waals surface area (Å²) in [7, 11) is 0. The van der Waals surface area contributed by atoms with Crippen LogP contribution in [0.15, 0.2) is 9.59 Å². The molecule has 1 rings (SSSR count). The van der Waals surface area contributed by atoms with Gasteiger partial charge in [-0.25, -0.2) is 0 Å². The van der Waals surface area contributed by atoms with Gasteiger partial charge in [-0.05, 0) is 13.3 Å². The van der Waals surface area contributed by atoms with Crippen LogP contribution in [0.2, 0.25) is 0 Å². The van der Waals surface area contributed by atoms with Crippen molar-refractivity contribution < 1.29 is 4.74 Å². The zero-order chi connectivity index (χ0) is 9.14. The molecular weight excluding hydrogens is 156 g/mol. The van der Waals surface area contributed by atoms with Crippen molar-refractivity contribution in [2.75, 3.05) is 6.61 Å². The normalized spacial score (nSPS) is 10.5. The maximum atomic E-state index is 10.9. The molecule has 0 N–H and O–H groups in total. The standard InChI is InChI=1S/C9H12O3/c1-3-5-6-7(10)8(11)9(6)12-4-2/h3-5H2,1-2H3. The molecule has 0 amide bonds. The van der Waals surface area contributed by atoms with Gasteiger partial charge >= 0.3 is 0 Å². The third kappa shape index (κ3) is 1.26. The molecule has 0 atom stereocenters. The highest BCUT2D eigenvalue weighted by atomic mass is 16.5. The summed E-state index contributed by atoms with van der Waals surface area (Å²) in [6, 6.07) is 0. The van der Waals surface area contributed by atoms with Crippen molar-refractivity contribution >= 4 is 0 Å². The smallest absolute Gasteiger partial charge is 0.268 e. The molecule has 1 aromatic rings. The fraction of sp³-hybridized carbons (Fsp3) is 0.556. The van der Waals surface area contributed by atoms with Crippen LogP contribution in [0, 0.1) is 0 Å². The number of ether oxygens (including phenoxy) is 1. The Morgan fingerprint density at radius 3 is 2.33 bits per heavy atom. The summed E-state index contributed by atoms with van der Waals surface area (Å²) in [5.41, 5.74) is -0.245. The highest BCUT2D eigenvalue weighted by Crippen LogP contribution is 2.12. The zero-order valence-corrected chi connectivity index (χ0v) is 7.35. The van der Waals surface area contributed by atoms with Crippen LogP contribution in [0.3, 0.4) is 0 Å². The molecule has 0 saturated heterocycles. The Balaban J connectivity index is 2.89. The predicted molar refractivity (Wildman–Crippen MR) is 46.5 cm³/mol. The molecule has 0 saturated carbocycles. The van der Waals surface area contributed by atoms with Gasteiger partial charge < -0.3 is 4.74 Å². The highest BCUT2D eigenvalue weighted by molar-refractivity contribution is 5.39. The van der Waals surface area contributed by atoms with Gasteiger partial charge in [-0.3, -0.25) is 9.59 Å². The Labute approximate surface area is 70.7 Å². The second-order valence-electron chi connectivity index (χ2n) is 2.65. The van der Waals surface area contributed by atoms with E-state index in [1.54, 1.807) is 6.92 Å². The van der Waals surface area contributed by atoms with Gasteiger partial charge in [0.15, 0.2) is 5.75 Å². The molecule has 3 heteroatoms. The Kier molecular flexibility index (Phi) is 2.63. The van der Waals surface area contributed by atoms with Crippen molar-refractivity contribution in [2.24, 2.45) is 0 Å². The van der Waals surface area contributed by atoms with E-state index in [-0.39, 0.29) is 5.43 Å². The molecule has 1 aromatic carbocycles. The maximum absolute atomic E-state index is 10.9. The van der Waals surface area contributed by atoms with E-state index in [1.165, 1.54) is 0 Å². The van der Waals surface area contributed by atoms with E-state index in [4.69, 9.17) is 4.74 Å². The second-order valence-corrected chi connectivity index (χ2v) is 2.65. The van der Waals surface area contributed by atoms with E-state index in [1.807, 2.05) is 6.92 Å². The summed E-state index contributed by atoms with van der Waals surface area (Å²) in [6.45, 7) is 4.21. The van der Waals surface area contributed by atoms with Gasteiger partial charge in [0.2, 0.25) is 5.43 Å². The minimum absolute atomic E-state index is 0.296. The summed E-state index contributed by atoms with van der Waals surface area (Å²) in [4.78, 5) is 21.9. The summed E-state index contributed by atoms with van der Waals surface area (Å²) in [6.07, 6.45) is 1.52. The number of rotatable bonds is 4. The topological polar surface area (TPSA) is 43.4 Å². The van der Waals surface area contributed by atoms with E-state index < -0.39 is 5.43 Å². The van der Waals surface area contributed by atoms with Crippen molar-refractivity contribution in [2.45, 2.75) is 26.7 Å².